The van der Waals surface area contributed by atoms with Crippen molar-refractivity contribution >= 4 is 16.8 Å². The number of fused-ring (bicyclic) bond motifs is 1. The van der Waals surface area contributed by atoms with E-state index in [1.54, 1.807) is 38.6 Å². The number of nitrogens with one attached hydrogen (secondary N) is 1. The summed E-state index contributed by atoms with van der Waals surface area (Å²) in [7, 11) is 3.16. The number of hydrogen-bond acceptors (Lipinski definition) is 5. The Morgan fingerprint density at radius 1 is 0.903 bits per heavy atom. The van der Waals surface area contributed by atoms with Gasteiger partial charge in [0.15, 0.2) is 11.5 Å². The summed E-state index contributed by atoms with van der Waals surface area (Å²) in [5, 5.41) is 3.83. The van der Waals surface area contributed by atoms with Crippen molar-refractivity contribution in [3.05, 3.63) is 90.1 Å². The zero-order valence-electron chi connectivity index (χ0n) is 17.3. The van der Waals surface area contributed by atoms with E-state index in [4.69, 9.17) is 14.2 Å². The van der Waals surface area contributed by atoms with Gasteiger partial charge in [-0.2, -0.15) is 0 Å². The van der Waals surface area contributed by atoms with Gasteiger partial charge in [0.2, 0.25) is 0 Å². The maximum atomic E-state index is 12.7. The van der Waals surface area contributed by atoms with Crippen molar-refractivity contribution in [2.24, 2.45) is 0 Å². The number of hydrogen-bond donors (Lipinski definition) is 1. The van der Waals surface area contributed by atoms with Gasteiger partial charge in [-0.1, -0.05) is 30.3 Å². The summed E-state index contributed by atoms with van der Waals surface area (Å²) >= 11 is 0. The Morgan fingerprint density at radius 3 is 2.58 bits per heavy atom. The van der Waals surface area contributed by atoms with Crippen molar-refractivity contribution in [1.82, 2.24) is 10.3 Å². The predicted octanol–water partition coefficient (Wildman–Crippen LogP) is 4.97. The number of nitrogens with zero attached hydrogens (tertiary/aromatic N) is 1. The van der Waals surface area contributed by atoms with Gasteiger partial charge in [0.1, 0.15) is 11.5 Å². The zero-order valence-corrected chi connectivity index (χ0v) is 17.3. The molecular weight excluding hydrogens is 392 g/mol. The molecule has 4 rings (SSSR count). The molecule has 0 saturated heterocycles. The SMILES string of the molecule is COc1cccc(CNC(=O)c2cccc(Oc3ccnc4ccccc34)c2)c1OC. The number of carbonyl (C=O) groups is 1. The average Bonchev–Trinajstić information content (AvgIpc) is 2.82. The summed E-state index contributed by atoms with van der Waals surface area (Å²) in [6.45, 7) is 0.305. The number of ether oxygens (including phenoxy) is 3. The third-order valence-electron chi connectivity index (χ3n) is 4.86. The highest BCUT2D eigenvalue weighted by molar-refractivity contribution is 5.94. The van der Waals surface area contributed by atoms with Gasteiger partial charge in [0, 0.05) is 29.3 Å². The Labute approximate surface area is 180 Å². The highest BCUT2D eigenvalue weighted by Gasteiger charge is 2.12. The second-order valence-corrected chi connectivity index (χ2v) is 6.79. The van der Waals surface area contributed by atoms with Gasteiger partial charge in [0.25, 0.3) is 5.91 Å². The standard InChI is InChI=1S/C25H22N2O4/c1-29-23-12-6-8-18(24(23)30-2)16-27-25(28)17-7-5-9-19(15-17)31-22-13-14-26-21-11-4-3-10-20(21)22/h3-15H,16H2,1-2H3,(H,27,28). The molecule has 0 unspecified atom stereocenters. The Hall–Kier alpha value is -4.06. The van der Waals surface area contributed by atoms with Crippen molar-refractivity contribution in [3.8, 4) is 23.0 Å². The first kappa shape index (κ1) is 20.2. The first-order valence-corrected chi connectivity index (χ1v) is 9.79. The molecule has 156 valence electrons. The molecule has 0 atom stereocenters. The van der Waals surface area contributed by atoms with Gasteiger partial charge in [-0.05, 0) is 42.5 Å². The van der Waals surface area contributed by atoms with Crippen LogP contribution < -0.4 is 19.5 Å². The van der Waals surface area contributed by atoms with E-state index in [1.165, 1.54) is 0 Å². The van der Waals surface area contributed by atoms with Gasteiger partial charge in [-0.15, -0.1) is 0 Å². The zero-order chi connectivity index (χ0) is 21.6. The van der Waals surface area contributed by atoms with Gasteiger partial charge < -0.3 is 19.5 Å². The molecule has 0 bridgehead atoms. The Bertz CT molecular complexity index is 1220. The van der Waals surface area contributed by atoms with Crippen LogP contribution in [0.2, 0.25) is 0 Å². The fourth-order valence-corrected chi connectivity index (χ4v) is 3.36. The highest BCUT2D eigenvalue weighted by Crippen LogP contribution is 2.31. The lowest BCUT2D eigenvalue weighted by molar-refractivity contribution is 0.0950. The topological polar surface area (TPSA) is 69.7 Å². The fourth-order valence-electron chi connectivity index (χ4n) is 3.36. The Morgan fingerprint density at radius 2 is 1.74 bits per heavy atom. The van der Waals surface area contributed by atoms with Crippen LogP contribution in [0.3, 0.4) is 0 Å². The molecule has 1 heterocycles. The molecule has 1 aromatic heterocycles. The van der Waals surface area contributed by atoms with Crippen molar-refractivity contribution in [1.29, 1.82) is 0 Å². The number of para-hydroxylation sites is 2. The van der Waals surface area contributed by atoms with Crippen LogP contribution in [-0.2, 0) is 6.54 Å². The second-order valence-electron chi connectivity index (χ2n) is 6.79. The van der Waals surface area contributed by atoms with Crippen molar-refractivity contribution in [3.63, 3.8) is 0 Å². The van der Waals surface area contributed by atoms with Crippen LogP contribution in [0.15, 0.2) is 79.0 Å². The van der Waals surface area contributed by atoms with Crippen molar-refractivity contribution in [2.75, 3.05) is 14.2 Å². The Kier molecular flexibility index (Phi) is 5.98. The monoisotopic (exact) mass is 414 g/mol. The summed E-state index contributed by atoms with van der Waals surface area (Å²) < 4.78 is 16.8. The van der Waals surface area contributed by atoms with E-state index >= 15 is 0 Å². The van der Waals surface area contributed by atoms with Crippen LogP contribution in [0.25, 0.3) is 10.9 Å². The molecule has 0 saturated carbocycles. The molecule has 6 heteroatoms. The molecular formula is C25H22N2O4. The van der Waals surface area contributed by atoms with Gasteiger partial charge >= 0.3 is 0 Å². The smallest absolute Gasteiger partial charge is 0.251 e. The van der Waals surface area contributed by atoms with Gasteiger partial charge in [0.05, 0.1) is 19.7 Å². The molecule has 0 spiro atoms. The maximum Gasteiger partial charge on any atom is 0.251 e. The lowest BCUT2D eigenvalue weighted by Crippen LogP contribution is -2.23. The third kappa shape index (κ3) is 4.43. The third-order valence-corrected chi connectivity index (χ3v) is 4.86. The lowest BCUT2D eigenvalue weighted by atomic mass is 10.1. The number of benzene rings is 3. The first-order chi connectivity index (χ1) is 15.2. The molecule has 3 aromatic carbocycles. The van der Waals surface area contributed by atoms with Crippen LogP contribution >= 0.6 is 0 Å². The number of amides is 1. The van der Waals surface area contributed by atoms with E-state index in [9.17, 15) is 4.79 Å². The molecule has 0 fully saturated rings. The van der Waals surface area contributed by atoms with E-state index < -0.39 is 0 Å². The summed E-state index contributed by atoms with van der Waals surface area (Å²) in [6.07, 6.45) is 1.70. The van der Waals surface area contributed by atoms with Crippen LogP contribution in [0.5, 0.6) is 23.0 Å². The average molecular weight is 414 g/mol. The lowest BCUT2D eigenvalue weighted by Gasteiger charge is -2.13. The van der Waals surface area contributed by atoms with E-state index in [1.807, 2.05) is 54.6 Å². The maximum absolute atomic E-state index is 12.7. The molecule has 4 aromatic rings. The molecule has 6 nitrogen and oxygen atoms in total. The van der Waals surface area contributed by atoms with Crippen LogP contribution in [0.4, 0.5) is 0 Å². The molecule has 0 aliphatic rings. The number of pyridine rings is 1. The first-order valence-electron chi connectivity index (χ1n) is 9.79. The number of aromatic nitrogens is 1. The van der Waals surface area contributed by atoms with E-state index in [0.29, 0.717) is 35.1 Å². The summed E-state index contributed by atoms with van der Waals surface area (Å²) in [5.41, 5.74) is 2.17. The number of carbonyl (C=O) groups excluding carboxylic acids is 1. The summed E-state index contributed by atoms with van der Waals surface area (Å²) in [6, 6.07) is 22.2. The van der Waals surface area contributed by atoms with E-state index in [2.05, 4.69) is 10.3 Å². The quantitative estimate of drug-likeness (QED) is 0.462. The minimum absolute atomic E-state index is 0.213. The summed E-state index contributed by atoms with van der Waals surface area (Å²) in [5.74, 6) is 2.27. The van der Waals surface area contributed by atoms with Crippen molar-refractivity contribution < 1.29 is 19.0 Å². The van der Waals surface area contributed by atoms with Gasteiger partial charge in [-0.25, -0.2) is 0 Å². The van der Waals surface area contributed by atoms with Crippen molar-refractivity contribution in [2.45, 2.75) is 6.54 Å². The molecule has 1 N–H and O–H groups in total. The molecule has 0 aliphatic carbocycles. The van der Waals surface area contributed by atoms with Crippen LogP contribution in [0, 0.1) is 0 Å². The summed E-state index contributed by atoms with van der Waals surface area (Å²) in [4.78, 5) is 17.1. The Balaban J connectivity index is 1.50. The number of methoxy groups -OCH3 is 2. The number of rotatable bonds is 7. The van der Waals surface area contributed by atoms with Gasteiger partial charge in [-0.3, -0.25) is 9.78 Å². The fraction of sp³-hybridized carbons (Fsp3) is 0.120. The minimum atomic E-state index is -0.213. The molecule has 0 radical (unpaired) electrons. The highest BCUT2D eigenvalue weighted by atomic mass is 16.5. The second kappa shape index (κ2) is 9.17. The predicted molar refractivity (Wildman–Crippen MR) is 119 cm³/mol. The van der Waals surface area contributed by atoms with Crippen LogP contribution in [0.1, 0.15) is 15.9 Å². The molecule has 31 heavy (non-hydrogen) atoms. The van der Waals surface area contributed by atoms with E-state index in [0.717, 1.165) is 16.5 Å². The van der Waals surface area contributed by atoms with E-state index in [-0.39, 0.29) is 5.91 Å². The minimum Gasteiger partial charge on any atom is -0.493 e. The van der Waals surface area contributed by atoms with Crippen LogP contribution in [-0.4, -0.2) is 25.1 Å². The normalized spacial score (nSPS) is 10.5. The molecule has 0 aliphatic heterocycles. The largest absolute Gasteiger partial charge is 0.493 e. The molecule has 1 amide bonds.